The van der Waals surface area contributed by atoms with Crippen molar-refractivity contribution in [3.63, 3.8) is 0 Å². The highest BCUT2D eigenvalue weighted by Gasteiger charge is 1.95. The Balaban J connectivity index is 0.000000561. The molecule has 0 atom stereocenters. The summed E-state index contributed by atoms with van der Waals surface area (Å²) in [6, 6.07) is 7.53. The predicted molar refractivity (Wildman–Crippen MR) is 60.5 cm³/mol. The van der Waals surface area contributed by atoms with Crippen molar-refractivity contribution in [2.75, 3.05) is 0 Å². The van der Waals surface area contributed by atoms with Crippen molar-refractivity contribution >= 4 is 28.4 Å². The number of halogens is 1. The van der Waals surface area contributed by atoms with Gasteiger partial charge >= 0.3 is 0 Å². The molecule has 2 heteroatoms. The molecule has 0 spiro atoms. The van der Waals surface area contributed by atoms with Crippen LogP contribution in [0.15, 0.2) is 24.3 Å². The van der Waals surface area contributed by atoms with Crippen molar-refractivity contribution in [3.8, 4) is 0 Å². The fourth-order valence-electron chi connectivity index (χ4n) is 0.685. The molecule has 66 valence electrons. The van der Waals surface area contributed by atoms with Crippen molar-refractivity contribution < 1.29 is 4.79 Å². The van der Waals surface area contributed by atoms with Crippen molar-refractivity contribution in [1.29, 1.82) is 0 Å². The van der Waals surface area contributed by atoms with E-state index in [0.717, 1.165) is 9.13 Å². The smallest absolute Gasteiger partial charge is 0.159 e. The van der Waals surface area contributed by atoms with Gasteiger partial charge in [0.05, 0.1) is 0 Å². The number of carbonyl (C=O) groups is 1. The maximum Gasteiger partial charge on any atom is 0.159 e. The highest BCUT2D eigenvalue weighted by molar-refractivity contribution is 14.1. The van der Waals surface area contributed by atoms with Crippen molar-refractivity contribution in [2.24, 2.45) is 0 Å². The molecule has 1 nitrogen and oxygen atoms in total. The predicted octanol–water partition coefficient (Wildman–Crippen LogP) is 3.52. The van der Waals surface area contributed by atoms with E-state index in [2.05, 4.69) is 22.6 Å². The summed E-state index contributed by atoms with van der Waals surface area (Å²) >= 11 is 2.21. The molecule has 0 unspecified atom stereocenters. The third kappa shape index (κ3) is 3.85. The molecule has 1 rings (SSSR count). The molecule has 0 saturated carbocycles. The summed E-state index contributed by atoms with van der Waals surface area (Å²) < 4.78 is 1.16. The quantitative estimate of drug-likeness (QED) is 0.566. The fourth-order valence-corrected chi connectivity index (χ4v) is 1.04. The third-order valence-corrected chi connectivity index (χ3v) is 1.97. The average molecular weight is 276 g/mol. The Hall–Kier alpha value is -0.380. The lowest BCUT2D eigenvalue weighted by atomic mass is 10.2. The molecule has 0 bridgehead atoms. The van der Waals surface area contributed by atoms with Gasteiger partial charge in [-0.2, -0.15) is 0 Å². The summed E-state index contributed by atoms with van der Waals surface area (Å²) in [6.07, 6.45) is 0. The molecule has 0 radical (unpaired) electrons. The minimum atomic E-state index is 0.122. The van der Waals surface area contributed by atoms with Crippen LogP contribution in [0.2, 0.25) is 0 Å². The first-order valence-electron chi connectivity index (χ1n) is 3.96. The highest BCUT2D eigenvalue weighted by atomic mass is 127. The van der Waals surface area contributed by atoms with Gasteiger partial charge in [-0.05, 0) is 41.6 Å². The summed E-state index contributed by atoms with van der Waals surface area (Å²) in [5.74, 6) is 0.122. The lowest BCUT2D eigenvalue weighted by Crippen LogP contribution is -1.89. The highest BCUT2D eigenvalue weighted by Crippen LogP contribution is 2.06. The van der Waals surface area contributed by atoms with Crippen LogP contribution in [0.3, 0.4) is 0 Å². The van der Waals surface area contributed by atoms with Gasteiger partial charge in [0.1, 0.15) is 0 Å². The summed E-state index contributed by atoms with van der Waals surface area (Å²) in [6.45, 7) is 5.57. The second kappa shape index (κ2) is 6.17. The van der Waals surface area contributed by atoms with Gasteiger partial charge in [0.25, 0.3) is 0 Å². The number of carbonyl (C=O) groups excluding carboxylic acids is 1. The molecule has 1 aromatic carbocycles. The molecule has 0 amide bonds. The third-order valence-electron chi connectivity index (χ3n) is 1.25. The van der Waals surface area contributed by atoms with Crippen LogP contribution in [0, 0.1) is 3.57 Å². The second-order valence-electron chi connectivity index (χ2n) is 2.06. The molecular weight excluding hydrogens is 263 g/mol. The first kappa shape index (κ1) is 11.6. The van der Waals surface area contributed by atoms with E-state index in [1.54, 1.807) is 6.92 Å². The maximum absolute atomic E-state index is 10.8. The minimum absolute atomic E-state index is 0.122. The second-order valence-corrected chi connectivity index (χ2v) is 3.31. The summed E-state index contributed by atoms with van der Waals surface area (Å²) in [4.78, 5) is 10.8. The number of benzene rings is 1. The van der Waals surface area contributed by atoms with E-state index >= 15 is 0 Å². The van der Waals surface area contributed by atoms with Gasteiger partial charge in [0.15, 0.2) is 5.78 Å². The zero-order chi connectivity index (χ0) is 9.56. The molecule has 0 fully saturated rings. The standard InChI is InChI=1S/C8H7IO.C2H6/c1-6(10)7-2-4-8(9)5-3-7;1-2/h2-5H,1H3;1-2H3. The Kier molecular flexibility index (Phi) is 5.98. The van der Waals surface area contributed by atoms with Crippen LogP contribution in [0.5, 0.6) is 0 Å². The van der Waals surface area contributed by atoms with E-state index in [0.29, 0.717) is 0 Å². The van der Waals surface area contributed by atoms with Crippen molar-refractivity contribution in [1.82, 2.24) is 0 Å². The van der Waals surface area contributed by atoms with Crippen molar-refractivity contribution in [3.05, 3.63) is 33.4 Å². The van der Waals surface area contributed by atoms with Gasteiger partial charge in [-0.15, -0.1) is 0 Å². The Labute approximate surface area is 87.3 Å². The first-order chi connectivity index (χ1) is 5.70. The van der Waals surface area contributed by atoms with E-state index in [1.165, 1.54) is 0 Å². The Morgan fingerprint density at radius 3 is 1.92 bits per heavy atom. The molecule has 0 aromatic heterocycles. The van der Waals surface area contributed by atoms with Crippen LogP contribution in [-0.4, -0.2) is 5.78 Å². The largest absolute Gasteiger partial charge is 0.295 e. The summed E-state index contributed by atoms with van der Waals surface area (Å²) in [7, 11) is 0. The van der Waals surface area contributed by atoms with Gasteiger partial charge in [0.2, 0.25) is 0 Å². The van der Waals surface area contributed by atoms with E-state index in [-0.39, 0.29) is 5.78 Å². The molecule has 0 aliphatic rings. The Morgan fingerprint density at radius 1 is 1.17 bits per heavy atom. The molecule has 0 N–H and O–H groups in total. The number of ketones is 1. The summed E-state index contributed by atoms with van der Waals surface area (Å²) in [5.41, 5.74) is 0.778. The van der Waals surface area contributed by atoms with Crippen LogP contribution in [-0.2, 0) is 0 Å². The number of rotatable bonds is 1. The lowest BCUT2D eigenvalue weighted by Gasteiger charge is -1.92. The van der Waals surface area contributed by atoms with Gasteiger partial charge < -0.3 is 0 Å². The first-order valence-corrected chi connectivity index (χ1v) is 5.04. The number of hydrogen-bond acceptors (Lipinski definition) is 1. The normalized spacial score (nSPS) is 8.33. The molecule has 0 aliphatic carbocycles. The van der Waals surface area contributed by atoms with E-state index in [1.807, 2.05) is 38.1 Å². The van der Waals surface area contributed by atoms with Crippen molar-refractivity contribution in [2.45, 2.75) is 20.8 Å². The van der Waals surface area contributed by atoms with Gasteiger partial charge in [-0.25, -0.2) is 0 Å². The van der Waals surface area contributed by atoms with Crippen LogP contribution >= 0.6 is 22.6 Å². The van der Waals surface area contributed by atoms with Gasteiger partial charge in [-0.3, -0.25) is 4.79 Å². The van der Waals surface area contributed by atoms with Gasteiger partial charge in [-0.1, -0.05) is 26.0 Å². The molecular formula is C10H13IO. The van der Waals surface area contributed by atoms with Crippen LogP contribution in [0.1, 0.15) is 31.1 Å². The van der Waals surface area contributed by atoms with Gasteiger partial charge in [0, 0.05) is 9.13 Å². The average Bonchev–Trinajstić information content (AvgIpc) is 2.09. The Morgan fingerprint density at radius 2 is 1.58 bits per heavy atom. The monoisotopic (exact) mass is 276 g/mol. The molecule has 0 saturated heterocycles. The van der Waals surface area contributed by atoms with E-state index in [9.17, 15) is 4.79 Å². The zero-order valence-corrected chi connectivity index (χ0v) is 9.75. The van der Waals surface area contributed by atoms with E-state index < -0.39 is 0 Å². The SMILES string of the molecule is CC.CC(=O)c1ccc(I)cc1. The Bertz CT molecular complexity index is 239. The number of hydrogen-bond donors (Lipinski definition) is 0. The van der Waals surface area contributed by atoms with Crippen LogP contribution < -0.4 is 0 Å². The maximum atomic E-state index is 10.8. The molecule has 1 aromatic rings. The van der Waals surface area contributed by atoms with Crippen LogP contribution in [0.25, 0.3) is 0 Å². The minimum Gasteiger partial charge on any atom is -0.295 e. The molecule has 0 heterocycles. The number of Topliss-reactive ketones (excluding diaryl/α,β-unsaturated/α-hetero) is 1. The lowest BCUT2D eigenvalue weighted by molar-refractivity contribution is 0.101. The molecule has 0 aliphatic heterocycles. The fraction of sp³-hybridized carbons (Fsp3) is 0.300. The zero-order valence-electron chi connectivity index (χ0n) is 7.60. The molecule has 12 heavy (non-hydrogen) atoms. The van der Waals surface area contributed by atoms with Crippen LogP contribution in [0.4, 0.5) is 0 Å². The van der Waals surface area contributed by atoms with E-state index in [4.69, 9.17) is 0 Å². The topological polar surface area (TPSA) is 17.1 Å². The summed E-state index contributed by atoms with van der Waals surface area (Å²) in [5, 5.41) is 0.